The van der Waals surface area contributed by atoms with E-state index in [1.807, 2.05) is 6.92 Å². The molecule has 0 aromatic heterocycles. The summed E-state index contributed by atoms with van der Waals surface area (Å²) in [5.41, 5.74) is 6.46. The molecule has 8 heteroatoms. The van der Waals surface area contributed by atoms with Gasteiger partial charge in [0.25, 0.3) is 0 Å². The average Bonchev–Trinajstić information content (AvgIpc) is 2.59. The number of primary amides is 1. The van der Waals surface area contributed by atoms with Gasteiger partial charge in [0, 0.05) is 18.3 Å². The summed E-state index contributed by atoms with van der Waals surface area (Å²) >= 11 is 0. The normalized spacial score (nSPS) is 16.8. The SMILES string of the molecule is C=C(C)COc1cccc(NC(=O)C(=O)N2CCO[C@H](C(N)=O)C2)c1. The molecule has 1 saturated heterocycles. The van der Waals surface area contributed by atoms with E-state index in [0.717, 1.165) is 5.57 Å². The molecule has 8 nitrogen and oxygen atoms in total. The third-order valence-corrected chi connectivity index (χ3v) is 3.44. The summed E-state index contributed by atoms with van der Waals surface area (Å²) in [7, 11) is 0. The van der Waals surface area contributed by atoms with Crippen LogP contribution in [0.4, 0.5) is 5.69 Å². The van der Waals surface area contributed by atoms with Crippen molar-refractivity contribution in [3.8, 4) is 5.75 Å². The van der Waals surface area contributed by atoms with Crippen molar-refractivity contribution in [2.75, 3.05) is 31.6 Å². The maximum absolute atomic E-state index is 12.2. The maximum atomic E-state index is 12.2. The lowest BCUT2D eigenvalue weighted by Crippen LogP contribution is -2.52. The molecule has 0 unspecified atom stereocenters. The molecule has 0 spiro atoms. The standard InChI is InChI=1S/C17H21N3O5/c1-11(2)10-25-13-5-3-4-12(8-13)19-16(22)17(23)20-6-7-24-14(9-20)15(18)21/h3-5,8,14H,1,6-7,9-10H2,2H3,(H2,18,21)(H,19,22)/t14-/m0/s1. The van der Waals surface area contributed by atoms with Crippen molar-refractivity contribution >= 4 is 23.4 Å². The first-order chi connectivity index (χ1) is 11.9. The summed E-state index contributed by atoms with van der Waals surface area (Å²) in [5, 5.41) is 2.52. The second-order valence-electron chi connectivity index (χ2n) is 5.74. The molecule has 1 aromatic carbocycles. The average molecular weight is 347 g/mol. The zero-order valence-electron chi connectivity index (χ0n) is 14.0. The van der Waals surface area contributed by atoms with E-state index in [4.69, 9.17) is 15.2 Å². The van der Waals surface area contributed by atoms with Crippen LogP contribution in [-0.2, 0) is 19.1 Å². The molecule has 0 saturated carbocycles. The van der Waals surface area contributed by atoms with E-state index < -0.39 is 23.8 Å². The van der Waals surface area contributed by atoms with Gasteiger partial charge in [-0.25, -0.2) is 0 Å². The molecule has 1 atom stereocenters. The van der Waals surface area contributed by atoms with Gasteiger partial charge in [-0.1, -0.05) is 12.6 Å². The van der Waals surface area contributed by atoms with Crippen molar-refractivity contribution in [3.63, 3.8) is 0 Å². The highest BCUT2D eigenvalue weighted by Gasteiger charge is 2.30. The lowest BCUT2D eigenvalue weighted by Gasteiger charge is -2.30. The minimum atomic E-state index is -0.899. The number of carbonyl (C=O) groups is 3. The second-order valence-corrected chi connectivity index (χ2v) is 5.74. The van der Waals surface area contributed by atoms with Crippen LogP contribution < -0.4 is 15.8 Å². The highest BCUT2D eigenvalue weighted by Crippen LogP contribution is 2.18. The number of benzene rings is 1. The van der Waals surface area contributed by atoms with Crippen LogP contribution in [0.15, 0.2) is 36.4 Å². The Morgan fingerprint density at radius 1 is 1.44 bits per heavy atom. The van der Waals surface area contributed by atoms with Crippen LogP contribution in [0.2, 0.25) is 0 Å². The van der Waals surface area contributed by atoms with Gasteiger partial charge in [0.05, 0.1) is 13.2 Å². The summed E-state index contributed by atoms with van der Waals surface area (Å²) < 4.78 is 10.6. The van der Waals surface area contributed by atoms with Crippen LogP contribution in [0.3, 0.4) is 0 Å². The molecule has 1 aliphatic heterocycles. The third kappa shape index (κ3) is 5.32. The molecule has 134 valence electrons. The number of hydrogen-bond donors (Lipinski definition) is 2. The van der Waals surface area contributed by atoms with Crippen molar-refractivity contribution in [2.45, 2.75) is 13.0 Å². The molecular formula is C17H21N3O5. The number of nitrogens with one attached hydrogen (secondary N) is 1. The van der Waals surface area contributed by atoms with Crippen molar-refractivity contribution in [3.05, 3.63) is 36.4 Å². The first-order valence-corrected chi connectivity index (χ1v) is 7.75. The number of amides is 3. The number of nitrogens with two attached hydrogens (primary N) is 1. The molecule has 0 aliphatic carbocycles. The van der Waals surface area contributed by atoms with E-state index in [1.165, 1.54) is 4.90 Å². The Labute approximate surface area is 145 Å². The zero-order chi connectivity index (χ0) is 18.4. The number of nitrogens with zero attached hydrogens (tertiary/aromatic N) is 1. The van der Waals surface area contributed by atoms with Gasteiger partial charge in [0.2, 0.25) is 5.91 Å². The lowest BCUT2D eigenvalue weighted by molar-refractivity contribution is -0.151. The number of ether oxygens (including phenoxy) is 2. The molecule has 2 rings (SSSR count). The first-order valence-electron chi connectivity index (χ1n) is 7.75. The predicted octanol–water partition coefficient (Wildman–Crippen LogP) is 0.293. The van der Waals surface area contributed by atoms with Gasteiger partial charge < -0.3 is 25.4 Å². The van der Waals surface area contributed by atoms with E-state index in [2.05, 4.69) is 11.9 Å². The topological polar surface area (TPSA) is 111 Å². The van der Waals surface area contributed by atoms with Gasteiger partial charge in [-0.2, -0.15) is 0 Å². The molecular weight excluding hydrogens is 326 g/mol. The van der Waals surface area contributed by atoms with Gasteiger partial charge >= 0.3 is 11.8 Å². The van der Waals surface area contributed by atoms with Crippen LogP contribution in [0.25, 0.3) is 0 Å². The fourth-order valence-corrected chi connectivity index (χ4v) is 2.20. The molecule has 1 heterocycles. The molecule has 25 heavy (non-hydrogen) atoms. The summed E-state index contributed by atoms with van der Waals surface area (Å²) in [5.74, 6) is -1.67. The highest BCUT2D eigenvalue weighted by atomic mass is 16.5. The number of carbonyl (C=O) groups excluding carboxylic acids is 3. The Hall–Kier alpha value is -2.87. The van der Waals surface area contributed by atoms with E-state index in [0.29, 0.717) is 18.0 Å². The summed E-state index contributed by atoms with van der Waals surface area (Å²) in [6, 6.07) is 6.69. The number of morpholine rings is 1. The van der Waals surface area contributed by atoms with Gasteiger partial charge in [-0.05, 0) is 24.6 Å². The smallest absolute Gasteiger partial charge is 0.313 e. The molecule has 3 N–H and O–H groups in total. The fraction of sp³-hybridized carbons (Fsp3) is 0.353. The number of anilines is 1. The molecule has 0 bridgehead atoms. The van der Waals surface area contributed by atoms with Crippen molar-refractivity contribution in [2.24, 2.45) is 5.73 Å². The van der Waals surface area contributed by atoms with Gasteiger partial charge in [-0.3, -0.25) is 14.4 Å². The summed E-state index contributed by atoms with van der Waals surface area (Å²) in [4.78, 5) is 36.8. The lowest BCUT2D eigenvalue weighted by atomic mass is 10.2. The minimum Gasteiger partial charge on any atom is -0.489 e. The van der Waals surface area contributed by atoms with Crippen LogP contribution >= 0.6 is 0 Å². The van der Waals surface area contributed by atoms with Gasteiger partial charge in [0.15, 0.2) is 6.10 Å². The van der Waals surface area contributed by atoms with E-state index in [1.54, 1.807) is 24.3 Å². The van der Waals surface area contributed by atoms with Crippen molar-refractivity contribution in [1.82, 2.24) is 4.90 Å². The number of rotatable bonds is 5. The highest BCUT2D eigenvalue weighted by molar-refractivity contribution is 6.39. The monoisotopic (exact) mass is 347 g/mol. The molecule has 1 aliphatic rings. The third-order valence-electron chi connectivity index (χ3n) is 3.44. The second kappa shape index (κ2) is 8.29. The van der Waals surface area contributed by atoms with Crippen LogP contribution in [0.5, 0.6) is 5.75 Å². The number of hydrogen-bond acceptors (Lipinski definition) is 5. The van der Waals surface area contributed by atoms with Crippen molar-refractivity contribution < 1.29 is 23.9 Å². The maximum Gasteiger partial charge on any atom is 0.313 e. The molecule has 1 fully saturated rings. The fourth-order valence-electron chi connectivity index (χ4n) is 2.20. The Kier molecular flexibility index (Phi) is 6.13. The molecule has 3 amide bonds. The largest absolute Gasteiger partial charge is 0.489 e. The van der Waals surface area contributed by atoms with Crippen LogP contribution in [-0.4, -0.2) is 55.0 Å². The summed E-state index contributed by atoms with van der Waals surface area (Å²) in [6.45, 7) is 6.28. The van der Waals surface area contributed by atoms with Crippen molar-refractivity contribution in [1.29, 1.82) is 0 Å². The molecule has 0 radical (unpaired) electrons. The van der Waals surface area contributed by atoms with E-state index >= 15 is 0 Å². The van der Waals surface area contributed by atoms with Gasteiger partial charge in [-0.15, -0.1) is 0 Å². The molecule has 1 aromatic rings. The Bertz CT molecular complexity index is 689. The van der Waals surface area contributed by atoms with Crippen LogP contribution in [0, 0.1) is 0 Å². The van der Waals surface area contributed by atoms with E-state index in [-0.39, 0.29) is 19.7 Å². The summed E-state index contributed by atoms with van der Waals surface area (Å²) in [6.07, 6.45) is -0.899. The van der Waals surface area contributed by atoms with E-state index in [9.17, 15) is 14.4 Å². The Morgan fingerprint density at radius 3 is 2.88 bits per heavy atom. The van der Waals surface area contributed by atoms with Gasteiger partial charge in [0.1, 0.15) is 12.4 Å². The Balaban J connectivity index is 1.96. The quantitative estimate of drug-likeness (QED) is 0.588. The Morgan fingerprint density at radius 2 is 2.20 bits per heavy atom. The minimum absolute atomic E-state index is 0.0383. The first kappa shape index (κ1) is 18.5. The van der Waals surface area contributed by atoms with Crippen LogP contribution in [0.1, 0.15) is 6.92 Å². The predicted molar refractivity (Wildman–Crippen MR) is 90.9 cm³/mol. The zero-order valence-corrected chi connectivity index (χ0v) is 14.0.